The fourth-order valence-corrected chi connectivity index (χ4v) is 16.2. The van der Waals surface area contributed by atoms with Gasteiger partial charge in [-0.15, -0.1) is 35.3 Å². The summed E-state index contributed by atoms with van der Waals surface area (Å²) in [5, 5.41) is 7.87. The quantitative estimate of drug-likeness (QED) is 0.0143. The van der Waals surface area contributed by atoms with Gasteiger partial charge in [0.1, 0.15) is 87.8 Å². The highest BCUT2D eigenvalue weighted by Gasteiger charge is 2.40. The van der Waals surface area contributed by atoms with E-state index in [1.54, 1.807) is 133 Å². The van der Waals surface area contributed by atoms with Crippen LogP contribution in [0.1, 0.15) is 81.0 Å². The maximum absolute atomic E-state index is 13.5. The summed E-state index contributed by atoms with van der Waals surface area (Å²) in [6.07, 6.45) is 1.80. The highest BCUT2D eigenvalue weighted by molar-refractivity contribution is 8.00. The Morgan fingerprint density at radius 1 is 0.444 bits per heavy atom. The zero-order valence-electron chi connectivity index (χ0n) is 55.4. The molecule has 3 fully saturated rings. The molecule has 39 heteroatoms. The van der Waals surface area contributed by atoms with Gasteiger partial charge in [-0.05, 0) is 117 Å². The van der Waals surface area contributed by atoms with Gasteiger partial charge in [-0.2, -0.15) is 30.2 Å². The monoisotopic (exact) mass is 1490 g/mol. The summed E-state index contributed by atoms with van der Waals surface area (Å²) in [6.45, 7) is 14.4. The number of carbonyl (C=O) groups excluding carboxylic acids is 3. The number of hydrogen-bond donors (Lipinski definition) is 6. The Labute approximate surface area is 583 Å². The van der Waals surface area contributed by atoms with Gasteiger partial charge in [-0.1, -0.05) is 54.6 Å². The van der Waals surface area contributed by atoms with Crippen LogP contribution in [0.15, 0.2) is 142 Å². The van der Waals surface area contributed by atoms with Crippen molar-refractivity contribution in [2.24, 2.45) is 0 Å². The van der Waals surface area contributed by atoms with E-state index in [9.17, 15) is 42.5 Å². The molecule has 2 unspecified atom stereocenters. The second kappa shape index (κ2) is 37.5. The maximum atomic E-state index is 13.5. The van der Waals surface area contributed by atoms with Gasteiger partial charge in [0.05, 0.1) is 38.1 Å². The number of hydrogen-bond acceptors (Lipinski definition) is 30. The number of para-hydroxylation sites is 3. The van der Waals surface area contributed by atoms with Crippen LogP contribution in [0.25, 0.3) is 0 Å². The fraction of sp³-hybridized carbons (Fsp3) is 0.450. The number of carbonyl (C=O) groups is 3. The first-order valence-electron chi connectivity index (χ1n) is 30.7. The molecule has 540 valence electrons. The Bertz CT molecular complexity index is 3550. The third kappa shape index (κ3) is 25.8. The Morgan fingerprint density at radius 2 is 0.687 bits per heavy atom. The minimum atomic E-state index is -4.00. The topological polar surface area (TPSA) is 432 Å². The molecule has 6 aromatic rings. The first kappa shape index (κ1) is 79.2. The average Bonchev–Trinajstić information content (AvgIpc) is 1.86. The van der Waals surface area contributed by atoms with E-state index in [1.165, 1.54) is 107 Å². The molecule has 0 spiro atoms. The van der Waals surface area contributed by atoms with E-state index < -0.39 is 111 Å². The number of thioether (sulfide) groups is 3. The van der Waals surface area contributed by atoms with Gasteiger partial charge < -0.3 is 59.2 Å². The molecule has 0 aliphatic carbocycles. The molecule has 12 atom stereocenters. The fourth-order valence-electron chi connectivity index (χ4n) is 8.45. The van der Waals surface area contributed by atoms with E-state index in [-0.39, 0.29) is 55.6 Å². The Kier molecular flexibility index (Phi) is 30.0. The predicted octanol–water partition coefficient (Wildman–Crippen LogP) is 7.64. The number of benzene rings is 3. The first-order chi connectivity index (χ1) is 46.9. The summed E-state index contributed by atoms with van der Waals surface area (Å²) in [5.41, 5.74) is 13.4. The largest absolute Gasteiger partial charge is 0.462 e. The highest BCUT2D eigenvalue weighted by atomic mass is 32.2. The number of anilines is 3. The summed E-state index contributed by atoms with van der Waals surface area (Å²) in [6, 6.07) is 27.0. The molecule has 3 saturated heterocycles. The molecule has 99 heavy (non-hydrogen) atoms. The van der Waals surface area contributed by atoms with Gasteiger partial charge >= 0.3 is 58.2 Å². The predicted molar refractivity (Wildman–Crippen MR) is 371 cm³/mol. The number of esters is 3. The lowest BCUT2D eigenvalue weighted by Gasteiger charge is -2.24. The second-order valence-electron chi connectivity index (χ2n) is 22.3. The van der Waals surface area contributed by atoms with Crippen LogP contribution in [0.2, 0.25) is 0 Å². The molecular formula is C60H81N12O21P3S3. The van der Waals surface area contributed by atoms with Crippen molar-refractivity contribution in [3.8, 4) is 17.2 Å². The van der Waals surface area contributed by atoms with Gasteiger partial charge in [0, 0.05) is 35.8 Å². The van der Waals surface area contributed by atoms with E-state index in [0.717, 1.165) is 0 Å². The molecule has 6 heterocycles. The van der Waals surface area contributed by atoms with Crippen LogP contribution in [0.3, 0.4) is 0 Å². The second-order valence-corrected chi connectivity index (χ2v) is 30.9. The van der Waals surface area contributed by atoms with Crippen molar-refractivity contribution in [1.82, 2.24) is 43.9 Å². The summed E-state index contributed by atoms with van der Waals surface area (Å²) < 4.78 is 111. The summed E-state index contributed by atoms with van der Waals surface area (Å²) in [5.74, 6) is 0.855. The van der Waals surface area contributed by atoms with E-state index in [0.29, 0.717) is 34.5 Å². The van der Waals surface area contributed by atoms with Crippen molar-refractivity contribution < 1.29 is 83.6 Å². The van der Waals surface area contributed by atoms with Crippen LogP contribution in [0, 0.1) is 0 Å². The zero-order chi connectivity index (χ0) is 72.0. The Balaban J connectivity index is 0.000000209. The number of nitrogens with zero attached hydrogens (tertiary/aromatic N) is 6. The summed E-state index contributed by atoms with van der Waals surface area (Å²) in [4.78, 5) is 83.8. The van der Waals surface area contributed by atoms with Gasteiger partial charge in [0.2, 0.25) is 0 Å². The summed E-state index contributed by atoms with van der Waals surface area (Å²) in [7, 11) is -12.0. The lowest BCUT2D eigenvalue weighted by Crippen LogP contribution is -2.36. The lowest BCUT2D eigenvalue weighted by molar-refractivity contribution is -0.150. The van der Waals surface area contributed by atoms with Crippen molar-refractivity contribution in [3.05, 3.63) is 159 Å². The standard InChI is InChI=1S/3C20H27N4O7PS/c3*1-13(2)29-19(25)14(3)23-32(27,31-15-7-5-4-6-8-15)28-11-18-30-17(12-33-18)24-10-9-16(21)22-20(24)26/h3*4-10,13-14,17-18H,11-12H2,1-3H3,(H,23,27)(H2,21,22,26)/t2*14-,17-,18+,32?;14-,17-,18+,32-/m000/s1. The van der Waals surface area contributed by atoms with Crippen LogP contribution in [-0.4, -0.2) is 136 Å². The molecule has 0 radical (unpaired) electrons. The highest BCUT2D eigenvalue weighted by Crippen LogP contribution is 2.49. The number of ether oxygens (including phenoxy) is 6. The molecule has 33 nitrogen and oxygen atoms in total. The van der Waals surface area contributed by atoms with Crippen LogP contribution in [-0.2, 0) is 70.1 Å². The van der Waals surface area contributed by atoms with Crippen molar-refractivity contribution in [3.63, 3.8) is 0 Å². The molecule has 0 bridgehead atoms. The van der Waals surface area contributed by atoms with Crippen LogP contribution in [0.5, 0.6) is 17.2 Å². The third-order valence-corrected chi connectivity index (χ3v) is 21.1. The Hall–Kier alpha value is -7.11. The molecule has 9 N–H and O–H groups in total. The van der Waals surface area contributed by atoms with Gasteiger partial charge in [-0.25, -0.2) is 28.1 Å². The van der Waals surface area contributed by atoms with Crippen LogP contribution >= 0.6 is 58.5 Å². The number of nitrogen functional groups attached to an aromatic ring is 3. The molecular weight excluding hydrogens is 1410 g/mol. The number of rotatable bonds is 30. The number of nitrogens with one attached hydrogen (secondary N) is 3. The van der Waals surface area contributed by atoms with Gasteiger partial charge in [0.15, 0.2) is 0 Å². The molecule has 3 aliphatic heterocycles. The molecule has 3 aliphatic rings. The minimum absolute atomic E-state index is 0.122. The number of aromatic nitrogens is 6. The van der Waals surface area contributed by atoms with Crippen molar-refractivity contribution in [1.29, 1.82) is 0 Å². The smallest absolute Gasteiger partial charge is 0.459 e. The molecule has 3 aromatic heterocycles. The van der Waals surface area contributed by atoms with E-state index in [2.05, 4.69) is 30.2 Å². The molecule has 9 rings (SSSR count). The first-order valence-corrected chi connectivity index (χ1v) is 38.5. The summed E-state index contributed by atoms with van der Waals surface area (Å²) >= 11 is 4.13. The third-order valence-electron chi connectivity index (χ3n) is 12.9. The molecule has 0 saturated carbocycles. The van der Waals surface area contributed by atoms with Gasteiger partial charge in [-0.3, -0.25) is 41.7 Å². The zero-order valence-corrected chi connectivity index (χ0v) is 60.5. The van der Waals surface area contributed by atoms with E-state index >= 15 is 0 Å². The van der Waals surface area contributed by atoms with Crippen molar-refractivity contribution >= 4 is 93.9 Å². The lowest BCUT2D eigenvalue weighted by atomic mass is 10.3. The van der Waals surface area contributed by atoms with Crippen molar-refractivity contribution in [2.75, 3.05) is 54.3 Å². The number of nitrogens with two attached hydrogens (primary N) is 3. The SMILES string of the molecule is CC(C)OC(=O)[C@H](C)NP(=O)(OC[C@@H]1O[C@H](n2ccc(N)nc2=O)CS1)Oc1ccccc1.CC(C)OC(=O)[C@H](C)NP(=O)(OC[C@@H]1O[C@H](n2ccc(N)nc2=O)CS1)Oc1ccccc1.CC(C)OC(=O)[C@H](C)N[P@](=O)(OC[C@@H]1O[C@H](n2ccc(N)nc2=O)CS1)Oc1ccccc1. The average molecular weight is 1500 g/mol. The minimum Gasteiger partial charge on any atom is -0.462 e. The van der Waals surface area contributed by atoms with E-state index in [4.69, 9.17) is 72.8 Å². The molecule has 3 aromatic carbocycles. The molecule has 0 amide bonds. The Morgan fingerprint density at radius 3 is 0.909 bits per heavy atom. The van der Waals surface area contributed by atoms with Gasteiger partial charge in [0.25, 0.3) is 0 Å². The normalized spacial score (nSPS) is 20.8. The van der Waals surface area contributed by atoms with Crippen LogP contribution in [0.4, 0.5) is 17.5 Å². The maximum Gasteiger partial charge on any atom is 0.459 e. The van der Waals surface area contributed by atoms with Crippen LogP contribution < -0.4 is 63.1 Å². The van der Waals surface area contributed by atoms with Crippen molar-refractivity contribution in [2.45, 2.75) is 134 Å². The van der Waals surface area contributed by atoms with E-state index in [1.807, 2.05) is 0 Å².